The van der Waals surface area contributed by atoms with Gasteiger partial charge in [0.15, 0.2) is 11.5 Å². The lowest BCUT2D eigenvalue weighted by Gasteiger charge is -2.17. The van der Waals surface area contributed by atoms with Crippen LogP contribution in [0.2, 0.25) is 5.02 Å². The van der Waals surface area contributed by atoms with E-state index in [1.165, 1.54) is 18.5 Å². The molecule has 156 valence electrons. The van der Waals surface area contributed by atoms with E-state index in [-0.39, 0.29) is 35.9 Å². The van der Waals surface area contributed by atoms with Crippen molar-refractivity contribution in [2.45, 2.75) is 12.5 Å². The summed E-state index contributed by atoms with van der Waals surface area (Å²) in [6, 6.07) is 8.09. The van der Waals surface area contributed by atoms with Crippen LogP contribution in [0.25, 0.3) is 10.9 Å². The summed E-state index contributed by atoms with van der Waals surface area (Å²) in [5.41, 5.74) is 1.33. The summed E-state index contributed by atoms with van der Waals surface area (Å²) in [7, 11) is 1.60. The Balaban J connectivity index is 0.00000150. The number of fused-ring (bicyclic) bond motifs is 1. The molecule has 3 aromatic rings. The van der Waals surface area contributed by atoms with Crippen LogP contribution >= 0.6 is 36.4 Å². The molecule has 0 saturated carbocycles. The smallest absolute Gasteiger partial charge is 0.162 e. The lowest BCUT2D eigenvalue weighted by molar-refractivity contribution is 0.213. The highest BCUT2D eigenvalue weighted by atomic mass is 35.5. The molecule has 2 heterocycles. The van der Waals surface area contributed by atoms with Crippen molar-refractivity contribution in [3.8, 4) is 11.5 Å². The van der Waals surface area contributed by atoms with Gasteiger partial charge in [-0.25, -0.2) is 14.4 Å². The monoisotopic (exact) mass is 460 g/mol. The minimum atomic E-state index is -0.472. The van der Waals surface area contributed by atoms with E-state index in [2.05, 4.69) is 20.6 Å². The summed E-state index contributed by atoms with van der Waals surface area (Å²) < 4.78 is 25.0. The number of nitrogens with one attached hydrogen (secondary N) is 2. The van der Waals surface area contributed by atoms with Crippen LogP contribution in [0.3, 0.4) is 0 Å². The minimum Gasteiger partial charge on any atom is -0.493 e. The minimum absolute atomic E-state index is 0. The number of benzene rings is 2. The van der Waals surface area contributed by atoms with Crippen LogP contribution in [0.15, 0.2) is 36.7 Å². The zero-order valence-corrected chi connectivity index (χ0v) is 17.8. The molecular formula is C19H20Cl3FN4O2. The Morgan fingerprint density at radius 1 is 1.17 bits per heavy atom. The van der Waals surface area contributed by atoms with E-state index in [1.54, 1.807) is 13.2 Å². The average Bonchev–Trinajstić information content (AvgIpc) is 3.18. The molecule has 2 N–H and O–H groups in total. The molecule has 29 heavy (non-hydrogen) atoms. The van der Waals surface area contributed by atoms with Crippen molar-refractivity contribution >= 4 is 58.8 Å². The number of aromatic nitrogens is 2. The maximum Gasteiger partial charge on any atom is 0.162 e. The number of hydrogen-bond donors (Lipinski definition) is 2. The van der Waals surface area contributed by atoms with Crippen LogP contribution in [0, 0.1) is 5.82 Å². The third-order valence-electron chi connectivity index (χ3n) is 4.41. The van der Waals surface area contributed by atoms with E-state index in [9.17, 15) is 4.39 Å². The summed E-state index contributed by atoms with van der Waals surface area (Å²) in [6.45, 7) is 1.73. The normalized spacial score (nSPS) is 15.3. The number of anilines is 2. The van der Waals surface area contributed by atoms with Gasteiger partial charge < -0.3 is 20.1 Å². The lowest BCUT2D eigenvalue weighted by Crippen LogP contribution is -2.19. The number of rotatable bonds is 5. The summed E-state index contributed by atoms with van der Waals surface area (Å²) in [5, 5.41) is 7.24. The van der Waals surface area contributed by atoms with Gasteiger partial charge in [-0.15, -0.1) is 24.8 Å². The second-order valence-electron chi connectivity index (χ2n) is 6.23. The Hall–Kier alpha value is -2.06. The standard InChI is InChI=1S/C19H18ClFN4O2.2ClH/c1-26-17-8-16-13(7-18(17)27-12-4-5-22-9-12)19(24-10-23-16)25-11-2-3-15(21)14(20)6-11;;/h2-3,6-8,10,12,22H,4-5,9H2,1H3,(H,23,24,25);2*1H/t12-;;/m0../s1. The molecule has 1 fully saturated rings. The Morgan fingerprint density at radius 3 is 2.69 bits per heavy atom. The van der Waals surface area contributed by atoms with Crippen molar-refractivity contribution in [3.05, 3.63) is 47.5 Å². The molecule has 4 rings (SSSR count). The first-order valence-corrected chi connectivity index (χ1v) is 8.94. The second-order valence-corrected chi connectivity index (χ2v) is 6.64. The van der Waals surface area contributed by atoms with E-state index in [1.807, 2.05) is 12.1 Å². The van der Waals surface area contributed by atoms with Gasteiger partial charge in [-0.05, 0) is 37.2 Å². The quantitative estimate of drug-likeness (QED) is 0.571. The SMILES string of the molecule is COc1cc2ncnc(Nc3ccc(F)c(Cl)c3)c2cc1O[C@H]1CCNC1.Cl.Cl. The van der Waals surface area contributed by atoms with Crippen molar-refractivity contribution in [3.63, 3.8) is 0 Å². The number of methoxy groups -OCH3 is 1. The number of ether oxygens (including phenoxy) is 2. The molecule has 1 aromatic heterocycles. The zero-order chi connectivity index (χ0) is 18.8. The van der Waals surface area contributed by atoms with Gasteiger partial charge in [0.1, 0.15) is 24.1 Å². The molecule has 0 bridgehead atoms. The molecule has 1 aliphatic heterocycles. The molecule has 0 aliphatic carbocycles. The number of halogens is 4. The van der Waals surface area contributed by atoms with E-state index >= 15 is 0 Å². The van der Waals surface area contributed by atoms with Gasteiger partial charge in [-0.1, -0.05) is 11.6 Å². The predicted molar refractivity (Wildman–Crippen MR) is 117 cm³/mol. The molecule has 10 heteroatoms. The van der Waals surface area contributed by atoms with Crippen LogP contribution in [0.5, 0.6) is 11.5 Å². The molecule has 1 atom stereocenters. The highest BCUT2D eigenvalue weighted by molar-refractivity contribution is 6.31. The summed E-state index contributed by atoms with van der Waals surface area (Å²) in [6.07, 6.45) is 2.48. The van der Waals surface area contributed by atoms with Gasteiger partial charge in [-0.2, -0.15) is 0 Å². The molecule has 0 radical (unpaired) electrons. The van der Waals surface area contributed by atoms with Crippen LogP contribution in [-0.4, -0.2) is 36.3 Å². The van der Waals surface area contributed by atoms with E-state index in [0.717, 1.165) is 24.9 Å². The van der Waals surface area contributed by atoms with Crippen LogP contribution < -0.4 is 20.1 Å². The molecule has 1 saturated heterocycles. The van der Waals surface area contributed by atoms with Crippen molar-refractivity contribution in [1.29, 1.82) is 0 Å². The predicted octanol–water partition coefficient (Wildman–Crippen LogP) is 4.76. The zero-order valence-electron chi connectivity index (χ0n) is 15.4. The van der Waals surface area contributed by atoms with Gasteiger partial charge >= 0.3 is 0 Å². The van der Waals surface area contributed by atoms with E-state index < -0.39 is 5.82 Å². The van der Waals surface area contributed by atoms with Gasteiger partial charge in [0, 0.05) is 23.7 Å². The van der Waals surface area contributed by atoms with Crippen molar-refractivity contribution in [2.75, 3.05) is 25.5 Å². The lowest BCUT2D eigenvalue weighted by atomic mass is 10.2. The number of hydrogen-bond acceptors (Lipinski definition) is 6. The fourth-order valence-corrected chi connectivity index (χ4v) is 3.21. The summed E-state index contributed by atoms with van der Waals surface area (Å²) >= 11 is 5.87. The maximum absolute atomic E-state index is 13.4. The molecule has 0 spiro atoms. The Bertz CT molecular complexity index is 987. The second kappa shape index (κ2) is 10.1. The first-order chi connectivity index (χ1) is 13.1. The molecule has 1 aliphatic rings. The molecular weight excluding hydrogens is 442 g/mol. The molecule has 6 nitrogen and oxygen atoms in total. The third-order valence-corrected chi connectivity index (χ3v) is 4.70. The fraction of sp³-hybridized carbons (Fsp3) is 0.263. The van der Waals surface area contributed by atoms with Gasteiger partial charge in [0.05, 0.1) is 17.6 Å². The first-order valence-electron chi connectivity index (χ1n) is 8.56. The molecule has 0 amide bonds. The van der Waals surface area contributed by atoms with E-state index in [4.69, 9.17) is 21.1 Å². The van der Waals surface area contributed by atoms with Crippen molar-refractivity contribution in [2.24, 2.45) is 0 Å². The van der Waals surface area contributed by atoms with Crippen molar-refractivity contribution in [1.82, 2.24) is 15.3 Å². The van der Waals surface area contributed by atoms with Crippen molar-refractivity contribution < 1.29 is 13.9 Å². The summed E-state index contributed by atoms with van der Waals surface area (Å²) in [5.74, 6) is 1.35. The largest absolute Gasteiger partial charge is 0.493 e. The Labute approximate surface area is 185 Å². The fourth-order valence-electron chi connectivity index (χ4n) is 3.03. The first kappa shape index (κ1) is 23.2. The van der Waals surface area contributed by atoms with E-state index in [0.29, 0.717) is 28.5 Å². The Kier molecular flexibility index (Phi) is 8.10. The van der Waals surface area contributed by atoms with Gasteiger partial charge in [-0.3, -0.25) is 0 Å². The third kappa shape index (κ3) is 5.11. The molecule has 2 aromatic carbocycles. The molecule has 0 unspecified atom stereocenters. The topological polar surface area (TPSA) is 68.3 Å². The van der Waals surface area contributed by atoms with Crippen LogP contribution in [-0.2, 0) is 0 Å². The van der Waals surface area contributed by atoms with Gasteiger partial charge in [0.25, 0.3) is 0 Å². The van der Waals surface area contributed by atoms with Gasteiger partial charge in [0.2, 0.25) is 0 Å². The number of nitrogens with zero attached hydrogens (tertiary/aromatic N) is 2. The maximum atomic E-state index is 13.4. The van der Waals surface area contributed by atoms with Crippen LogP contribution in [0.4, 0.5) is 15.9 Å². The summed E-state index contributed by atoms with van der Waals surface area (Å²) in [4.78, 5) is 8.63. The average molecular weight is 462 g/mol. The Morgan fingerprint density at radius 2 is 2.00 bits per heavy atom. The highest BCUT2D eigenvalue weighted by Gasteiger charge is 2.19. The highest BCUT2D eigenvalue weighted by Crippen LogP contribution is 2.36. The van der Waals surface area contributed by atoms with Crippen LogP contribution in [0.1, 0.15) is 6.42 Å².